The maximum atomic E-state index is 11.9. The third kappa shape index (κ3) is 4.13. The molecule has 0 aliphatic heterocycles. The second-order valence-corrected chi connectivity index (χ2v) is 4.78. The Morgan fingerprint density at radius 2 is 2.06 bits per heavy atom. The van der Waals surface area contributed by atoms with Gasteiger partial charge in [-0.25, -0.2) is 0 Å². The van der Waals surface area contributed by atoms with Gasteiger partial charge in [0.2, 0.25) is 5.91 Å². The maximum Gasteiger partial charge on any atom is 0.224 e. The number of carbonyl (C=O) groups excluding carboxylic acids is 1. The summed E-state index contributed by atoms with van der Waals surface area (Å²) in [5, 5.41) is 11.9. The van der Waals surface area contributed by atoms with Gasteiger partial charge in [0.05, 0.1) is 12.5 Å². The lowest BCUT2D eigenvalue weighted by molar-refractivity contribution is -0.126. The fourth-order valence-electron chi connectivity index (χ4n) is 1.84. The van der Waals surface area contributed by atoms with Crippen LogP contribution < -0.4 is 11.1 Å². The van der Waals surface area contributed by atoms with Gasteiger partial charge in [0.25, 0.3) is 0 Å². The van der Waals surface area contributed by atoms with Crippen LogP contribution in [0.25, 0.3) is 0 Å². The lowest BCUT2D eigenvalue weighted by Crippen LogP contribution is -2.37. The molecule has 0 bridgehead atoms. The molecule has 0 aliphatic carbocycles. The quantitative estimate of drug-likeness (QED) is 0.705. The van der Waals surface area contributed by atoms with Crippen molar-refractivity contribution in [1.29, 1.82) is 0 Å². The Bertz CT molecular complexity index is 391. The number of hydrogen-bond acceptors (Lipinski definition) is 3. The van der Waals surface area contributed by atoms with E-state index in [0.717, 1.165) is 11.1 Å². The Kier molecular flexibility index (Phi) is 5.82. The number of rotatable bonds is 6. The summed E-state index contributed by atoms with van der Waals surface area (Å²) in [5.74, 6) is 0.0757. The van der Waals surface area contributed by atoms with Crippen molar-refractivity contribution in [3.8, 4) is 0 Å². The van der Waals surface area contributed by atoms with Crippen molar-refractivity contribution in [1.82, 2.24) is 5.32 Å². The average molecular weight is 250 g/mol. The van der Waals surface area contributed by atoms with Gasteiger partial charge >= 0.3 is 0 Å². The highest BCUT2D eigenvalue weighted by Crippen LogP contribution is 2.10. The van der Waals surface area contributed by atoms with E-state index in [0.29, 0.717) is 13.1 Å². The van der Waals surface area contributed by atoms with E-state index >= 15 is 0 Å². The molecule has 0 aliphatic rings. The number of aliphatic hydroxyl groups is 1. The number of nitrogens with two attached hydrogens (primary N) is 1. The molecule has 0 fully saturated rings. The number of nitrogens with one attached hydrogen (secondary N) is 1. The molecule has 0 heterocycles. The molecule has 1 aromatic carbocycles. The van der Waals surface area contributed by atoms with Gasteiger partial charge in [0.15, 0.2) is 0 Å². The summed E-state index contributed by atoms with van der Waals surface area (Å²) < 4.78 is 0. The number of carbonyl (C=O) groups is 1. The number of hydrogen-bond donors (Lipinski definition) is 3. The molecule has 1 aromatic rings. The summed E-state index contributed by atoms with van der Waals surface area (Å²) in [6, 6.07) is 7.53. The van der Waals surface area contributed by atoms with E-state index in [1.165, 1.54) is 0 Å². The van der Waals surface area contributed by atoms with Crippen LogP contribution in [0.2, 0.25) is 0 Å². The molecule has 1 atom stereocenters. The minimum Gasteiger partial charge on any atom is -0.392 e. The Morgan fingerprint density at radius 1 is 1.39 bits per heavy atom. The molecule has 1 unspecified atom stereocenters. The second kappa shape index (κ2) is 7.13. The van der Waals surface area contributed by atoms with Crippen LogP contribution in [0.3, 0.4) is 0 Å². The number of aliphatic hydroxyl groups excluding tert-OH is 1. The third-order valence-corrected chi connectivity index (χ3v) is 3.04. The molecule has 0 aromatic heterocycles. The molecule has 1 amide bonds. The molecule has 18 heavy (non-hydrogen) atoms. The average Bonchev–Trinajstić information content (AvgIpc) is 2.37. The first-order valence-electron chi connectivity index (χ1n) is 6.25. The smallest absolute Gasteiger partial charge is 0.224 e. The molecule has 0 saturated heterocycles. The van der Waals surface area contributed by atoms with Gasteiger partial charge in [0.1, 0.15) is 0 Å². The van der Waals surface area contributed by atoms with Crippen LogP contribution in [0.4, 0.5) is 0 Å². The molecule has 4 N–H and O–H groups in total. The molecule has 4 heteroatoms. The molecule has 0 saturated carbocycles. The third-order valence-electron chi connectivity index (χ3n) is 3.04. The van der Waals surface area contributed by atoms with Crippen LogP contribution in [0.15, 0.2) is 24.3 Å². The molecular weight excluding hydrogens is 228 g/mol. The molecule has 0 radical (unpaired) electrons. The van der Waals surface area contributed by atoms with Crippen LogP contribution in [0.5, 0.6) is 0 Å². The summed E-state index contributed by atoms with van der Waals surface area (Å²) in [6.45, 7) is 4.82. The van der Waals surface area contributed by atoms with E-state index in [2.05, 4.69) is 5.32 Å². The lowest BCUT2D eigenvalue weighted by Gasteiger charge is -2.18. The van der Waals surface area contributed by atoms with Crippen LogP contribution in [-0.2, 0) is 17.9 Å². The van der Waals surface area contributed by atoms with Crippen molar-refractivity contribution in [2.45, 2.75) is 27.0 Å². The maximum absolute atomic E-state index is 11.9. The Hall–Kier alpha value is -1.39. The van der Waals surface area contributed by atoms with Gasteiger partial charge in [0, 0.05) is 13.1 Å². The van der Waals surface area contributed by atoms with Gasteiger partial charge in [-0.15, -0.1) is 0 Å². The van der Waals surface area contributed by atoms with Crippen LogP contribution in [-0.4, -0.2) is 17.6 Å². The van der Waals surface area contributed by atoms with E-state index in [1.807, 2.05) is 38.1 Å². The van der Waals surface area contributed by atoms with Crippen molar-refractivity contribution in [2.75, 3.05) is 6.54 Å². The summed E-state index contributed by atoms with van der Waals surface area (Å²) in [4.78, 5) is 11.9. The minimum atomic E-state index is -0.147. The van der Waals surface area contributed by atoms with E-state index < -0.39 is 0 Å². The lowest BCUT2D eigenvalue weighted by atomic mass is 9.95. The Morgan fingerprint density at radius 3 is 2.61 bits per heavy atom. The van der Waals surface area contributed by atoms with Gasteiger partial charge in [-0.2, -0.15) is 0 Å². The number of amides is 1. The molecule has 100 valence electrons. The van der Waals surface area contributed by atoms with Gasteiger partial charge in [-0.3, -0.25) is 4.79 Å². The topological polar surface area (TPSA) is 75.4 Å². The van der Waals surface area contributed by atoms with Gasteiger partial charge < -0.3 is 16.2 Å². The van der Waals surface area contributed by atoms with E-state index in [9.17, 15) is 4.79 Å². The SMILES string of the molecule is CC(C)C(CN)C(=O)NCc1cccc(CO)c1. The van der Waals surface area contributed by atoms with Gasteiger partial charge in [-0.1, -0.05) is 38.1 Å². The summed E-state index contributed by atoms with van der Waals surface area (Å²) in [7, 11) is 0. The molecular formula is C14H22N2O2. The van der Waals surface area contributed by atoms with Crippen molar-refractivity contribution >= 4 is 5.91 Å². The zero-order valence-corrected chi connectivity index (χ0v) is 11.0. The van der Waals surface area contributed by atoms with Crippen molar-refractivity contribution < 1.29 is 9.90 Å². The van der Waals surface area contributed by atoms with Crippen LogP contribution in [0, 0.1) is 11.8 Å². The largest absolute Gasteiger partial charge is 0.392 e. The van der Waals surface area contributed by atoms with Crippen LogP contribution in [0.1, 0.15) is 25.0 Å². The van der Waals surface area contributed by atoms with Crippen molar-refractivity contribution in [3.05, 3.63) is 35.4 Å². The highest BCUT2D eigenvalue weighted by molar-refractivity contribution is 5.79. The Labute approximate surface area is 108 Å². The first-order chi connectivity index (χ1) is 8.58. The fraction of sp³-hybridized carbons (Fsp3) is 0.500. The van der Waals surface area contributed by atoms with E-state index in [4.69, 9.17) is 10.8 Å². The van der Waals surface area contributed by atoms with Crippen molar-refractivity contribution in [2.24, 2.45) is 17.6 Å². The van der Waals surface area contributed by atoms with Crippen LogP contribution >= 0.6 is 0 Å². The monoisotopic (exact) mass is 250 g/mol. The first kappa shape index (κ1) is 14.7. The second-order valence-electron chi connectivity index (χ2n) is 4.78. The zero-order chi connectivity index (χ0) is 13.5. The van der Waals surface area contributed by atoms with E-state index in [-0.39, 0.29) is 24.3 Å². The normalized spacial score (nSPS) is 12.5. The molecule has 1 rings (SSSR count). The summed E-state index contributed by atoms with van der Waals surface area (Å²) in [5.41, 5.74) is 7.42. The standard InChI is InChI=1S/C14H22N2O2/c1-10(2)13(7-15)14(18)16-8-11-4-3-5-12(6-11)9-17/h3-6,10,13,17H,7-9,15H2,1-2H3,(H,16,18). The predicted molar refractivity (Wildman–Crippen MR) is 71.6 cm³/mol. The summed E-state index contributed by atoms with van der Waals surface area (Å²) >= 11 is 0. The molecule has 0 spiro atoms. The highest BCUT2D eigenvalue weighted by atomic mass is 16.3. The molecule has 4 nitrogen and oxygen atoms in total. The minimum absolute atomic E-state index is 0.0121. The summed E-state index contributed by atoms with van der Waals surface area (Å²) in [6.07, 6.45) is 0. The van der Waals surface area contributed by atoms with Crippen molar-refractivity contribution in [3.63, 3.8) is 0 Å². The van der Waals surface area contributed by atoms with E-state index in [1.54, 1.807) is 0 Å². The highest BCUT2D eigenvalue weighted by Gasteiger charge is 2.19. The zero-order valence-electron chi connectivity index (χ0n) is 11.0. The fourth-order valence-corrected chi connectivity index (χ4v) is 1.84. The predicted octanol–water partition coefficient (Wildman–Crippen LogP) is 1.03. The van der Waals surface area contributed by atoms with Gasteiger partial charge in [-0.05, 0) is 17.0 Å². The number of benzene rings is 1. The Balaban J connectivity index is 2.56. The first-order valence-corrected chi connectivity index (χ1v) is 6.25.